The fourth-order valence-electron chi connectivity index (χ4n) is 4.87. The van der Waals surface area contributed by atoms with Crippen LogP contribution in [0.1, 0.15) is 68.1 Å². The molecule has 2 fully saturated rings. The predicted molar refractivity (Wildman–Crippen MR) is 122 cm³/mol. The maximum absolute atomic E-state index is 13.2. The van der Waals surface area contributed by atoms with Gasteiger partial charge in [-0.2, -0.15) is 0 Å². The van der Waals surface area contributed by atoms with E-state index in [1.807, 2.05) is 30.3 Å². The Hall–Kier alpha value is -1.75. The third-order valence-electron chi connectivity index (χ3n) is 6.54. The van der Waals surface area contributed by atoms with Crippen molar-refractivity contribution < 1.29 is 4.79 Å². The molecule has 0 unspecified atom stereocenters. The lowest BCUT2D eigenvalue weighted by atomic mass is 9.81. The Morgan fingerprint density at radius 2 is 1.48 bits per heavy atom. The van der Waals surface area contributed by atoms with Gasteiger partial charge in [-0.1, -0.05) is 37.5 Å². The van der Waals surface area contributed by atoms with Crippen LogP contribution in [0.2, 0.25) is 0 Å². The first kappa shape index (κ1) is 23.5. The molecule has 1 aromatic rings. The van der Waals surface area contributed by atoms with E-state index in [2.05, 4.69) is 10.2 Å². The lowest BCUT2D eigenvalue weighted by molar-refractivity contribution is 0.0656. The number of hydrogen-bond acceptors (Lipinski definition) is 2. The minimum absolute atomic E-state index is 0. The van der Waals surface area contributed by atoms with Gasteiger partial charge in [-0.15, -0.1) is 12.4 Å². The molecule has 0 saturated heterocycles. The summed E-state index contributed by atoms with van der Waals surface area (Å²) in [6.07, 6.45) is 11.1. The summed E-state index contributed by atoms with van der Waals surface area (Å²) >= 11 is 0. The number of amides is 1. The lowest BCUT2D eigenvalue weighted by Gasteiger charge is -2.35. The Labute approximate surface area is 181 Å². The number of carbonyl (C=O) groups excluding carboxylic acids is 1. The molecule has 0 bridgehead atoms. The number of carbonyl (C=O) groups is 1. The molecule has 0 radical (unpaired) electrons. The highest BCUT2D eigenvalue weighted by Crippen LogP contribution is 2.31. The molecular formula is C23H37ClN4O. The van der Waals surface area contributed by atoms with Crippen molar-refractivity contribution in [1.82, 2.24) is 10.2 Å². The number of guanidine groups is 1. The second-order valence-corrected chi connectivity index (χ2v) is 8.76. The second kappa shape index (κ2) is 12.1. The summed E-state index contributed by atoms with van der Waals surface area (Å²) in [5.74, 6) is 2.11. The highest BCUT2D eigenvalue weighted by Gasteiger charge is 2.27. The van der Waals surface area contributed by atoms with Gasteiger partial charge in [0.1, 0.15) is 0 Å². The van der Waals surface area contributed by atoms with Crippen LogP contribution in [0, 0.1) is 23.2 Å². The number of halogens is 1. The quantitative estimate of drug-likeness (QED) is 0.451. The molecule has 2 saturated carbocycles. The molecule has 0 aromatic heterocycles. The Morgan fingerprint density at radius 1 is 0.931 bits per heavy atom. The summed E-state index contributed by atoms with van der Waals surface area (Å²) in [5, 5.41) is 10.3. The fraction of sp³-hybridized carbons (Fsp3) is 0.652. The van der Waals surface area contributed by atoms with E-state index < -0.39 is 0 Å². The van der Waals surface area contributed by atoms with E-state index in [1.54, 1.807) is 0 Å². The molecular weight excluding hydrogens is 384 g/mol. The van der Waals surface area contributed by atoms with Gasteiger partial charge in [0, 0.05) is 25.2 Å². The molecule has 29 heavy (non-hydrogen) atoms. The van der Waals surface area contributed by atoms with Gasteiger partial charge in [0.2, 0.25) is 0 Å². The first-order valence-corrected chi connectivity index (χ1v) is 11.0. The highest BCUT2D eigenvalue weighted by molar-refractivity contribution is 5.94. The van der Waals surface area contributed by atoms with Gasteiger partial charge in [-0.05, 0) is 68.4 Å². The van der Waals surface area contributed by atoms with Gasteiger partial charge in [0.05, 0.1) is 0 Å². The van der Waals surface area contributed by atoms with E-state index in [0.29, 0.717) is 17.8 Å². The number of benzene rings is 1. The molecule has 5 nitrogen and oxygen atoms in total. The molecule has 2 aliphatic carbocycles. The fourth-order valence-corrected chi connectivity index (χ4v) is 4.87. The van der Waals surface area contributed by atoms with Gasteiger partial charge in [0.25, 0.3) is 5.91 Å². The molecule has 1 amide bonds. The molecule has 3 rings (SSSR count). The van der Waals surface area contributed by atoms with Crippen LogP contribution in [0.15, 0.2) is 30.3 Å². The molecule has 0 heterocycles. The summed E-state index contributed by atoms with van der Waals surface area (Å²) in [4.78, 5) is 15.4. The maximum Gasteiger partial charge on any atom is 0.253 e. The monoisotopic (exact) mass is 420 g/mol. The standard InChI is InChI=1S/C23H36N4O.ClH/c24-23(25)26-15-18-11-13-20(14-12-18)17-27(16-19-7-3-1-4-8-19)22(28)21-9-5-2-6-10-21;/h2,5-6,9-10,18-20H,1,3-4,7-8,11-17H2,(H4,24,25,26);1H. The summed E-state index contributed by atoms with van der Waals surface area (Å²) < 4.78 is 0. The van der Waals surface area contributed by atoms with Crippen LogP contribution in [-0.2, 0) is 0 Å². The lowest BCUT2D eigenvalue weighted by Crippen LogP contribution is -2.41. The van der Waals surface area contributed by atoms with Crippen molar-refractivity contribution in [3.8, 4) is 0 Å². The molecule has 0 spiro atoms. The number of nitrogens with two attached hydrogens (primary N) is 1. The van der Waals surface area contributed by atoms with Crippen molar-refractivity contribution >= 4 is 24.3 Å². The number of hydrogen-bond donors (Lipinski definition) is 3. The largest absolute Gasteiger partial charge is 0.370 e. The van der Waals surface area contributed by atoms with Gasteiger partial charge in [-0.25, -0.2) is 0 Å². The maximum atomic E-state index is 13.2. The van der Waals surface area contributed by atoms with Crippen molar-refractivity contribution in [2.75, 3.05) is 19.6 Å². The Bertz CT molecular complexity index is 625. The summed E-state index contributed by atoms with van der Waals surface area (Å²) in [6, 6.07) is 9.78. The third kappa shape index (κ3) is 7.54. The second-order valence-electron chi connectivity index (χ2n) is 8.76. The summed E-state index contributed by atoms with van der Waals surface area (Å²) in [5.41, 5.74) is 6.23. The molecule has 162 valence electrons. The van der Waals surface area contributed by atoms with E-state index in [4.69, 9.17) is 11.1 Å². The number of nitrogens with one attached hydrogen (secondary N) is 2. The van der Waals surface area contributed by atoms with Crippen molar-refractivity contribution in [3.63, 3.8) is 0 Å². The smallest absolute Gasteiger partial charge is 0.253 e. The Kier molecular flexibility index (Phi) is 9.79. The van der Waals surface area contributed by atoms with Gasteiger partial charge < -0.3 is 16.0 Å². The summed E-state index contributed by atoms with van der Waals surface area (Å²) in [7, 11) is 0. The third-order valence-corrected chi connectivity index (χ3v) is 6.54. The zero-order valence-electron chi connectivity index (χ0n) is 17.4. The summed E-state index contributed by atoms with van der Waals surface area (Å²) in [6.45, 7) is 2.60. The van der Waals surface area contributed by atoms with Crippen LogP contribution >= 0.6 is 12.4 Å². The van der Waals surface area contributed by atoms with E-state index >= 15 is 0 Å². The first-order valence-electron chi connectivity index (χ1n) is 11.0. The first-order chi connectivity index (χ1) is 13.6. The zero-order chi connectivity index (χ0) is 19.8. The van der Waals surface area contributed by atoms with E-state index in [-0.39, 0.29) is 24.3 Å². The molecule has 6 heteroatoms. The molecule has 0 atom stereocenters. The number of nitrogens with zero attached hydrogens (tertiary/aromatic N) is 1. The number of rotatable bonds is 7. The van der Waals surface area contributed by atoms with Crippen LogP contribution in [0.5, 0.6) is 0 Å². The SMILES string of the molecule is Cl.N=C(N)NCC1CCC(CN(CC2CCCCC2)C(=O)c2ccccc2)CC1. The predicted octanol–water partition coefficient (Wildman–Crippen LogP) is 4.42. The van der Waals surface area contributed by atoms with Gasteiger partial charge in [-0.3, -0.25) is 10.2 Å². The van der Waals surface area contributed by atoms with E-state index in [1.165, 1.54) is 32.1 Å². The van der Waals surface area contributed by atoms with Crippen LogP contribution in [0.25, 0.3) is 0 Å². The Morgan fingerprint density at radius 3 is 2.07 bits per heavy atom. The average Bonchev–Trinajstić information content (AvgIpc) is 2.73. The highest BCUT2D eigenvalue weighted by atomic mass is 35.5. The average molecular weight is 421 g/mol. The van der Waals surface area contributed by atoms with Crippen molar-refractivity contribution in [1.29, 1.82) is 5.41 Å². The minimum atomic E-state index is 0. The van der Waals surface area contributed by atoms with E-state index in [9.17, 15) is 4.79 Å². The van der Waals surface area contributed by atoms with Crippen LogP contribution in [0.4, 0.5) is 0 Å². The topological polar surface area (TPSA) is 82.2 Å². The van der Waals surface area contributed by atoms with Gasteiger partial charge >= 0.3 is 0 Å². The molecule has 0 aliphatic heterocycles. The Balaban J connectivity index is 0.00000300. The van der Waals surface area contributed by atoms with Crippen molar-refractivity contribution in [2.45, 2.75) is 57.8 Å². The molecule has 4 N–H and O–H groups in total. The molecule has 1 aromatic carbocycles. The normalized spacial score (nSPS) is 22.3. The van der Waals surface area contributed by atoms with Crippen LogP contribution in [-0.4, -0.2) is 36.4 Å². The van der Waals surface area contributed by atoms with Gasteiger partial charge in [0.15, 0.2) is 5.96 Å². The molecule has 2 aliphatic rings. The zero-order valence-corrected chi connectivity index (χ0v) is 18.3. The van der Waals surface area contributed by atoms with Crippen LogP contribution < -0.4 is 11.1 Å². The minimum Gasteiger partial charge on any atom is -0.370 e. The van der Waals surface area contributed by atoms with E-state index in [0.717, 1.165) is 50.9 Å². The van der Waals surface area contributed by atoms with Crippen molar-refractivity contribution in [2.24, 2.45) is 23.5 Å². The van der Waals surface area contributed by atoms with Crippen LogP contribution in [0.3, 0.4) is 0 Å². The van der Waals surface area contributed by atoms with Crippen molar-refractivity contribution in [3.05, 3.63) is 35.9 Å².